The lowest BCUT2D eigenvalue weighted by atomic mass is 10.0. The Morgan fingerprint density at radius 1 is 0.688 bits per heavy atom. The van der Waals surface area contributed by atoms with E-state index in [-0.39, 0.29) is 18.6 Å². The largest absolute Gasteiger partial charge is 0.514 e. The minimum absolute atomic E-state index is 0.00906. The Morgan fingerprint density at radius 2 is 1.25 bits per heavy atom. The van der Waals surface area contributed by atoms with Crippen LogP contribution in [0.25, 0.3) is 0 Å². The fourth-order valence-corrected chi connectivity index (χ4v) is 4.09. The smallest absolute Gasteiger partial charge is 0.467 e. The van der Waals surface area contributed by atoms with Crippen LogP contribution in [0.3, 0.4) is 0 Å². The number of alkyl carbamates (subject to hydrolysis) is 1. The molecule has 0 spiro atoms. The van der Waals surface area contributed by atoms with Crippen molar-refractivity contribution >= 4 is 35.9 Å². The quantitative estimate of drug-likeness (QED) is 0.140. The number of methoxy groups -OCH3 is 1. The van der Waals surface area contributed by atoms with Crippen LogP contribution in [-0.2, 0) is 46.2 Å². The van der Waals surface area contributed by atoms with E-state index in [0.29, 0.717) is 5.56 Å². The zero-order valence-electron chi connectivity index (χ0n) is 28.6. The van der Waals surface area contributed by atoms with Crippen molar-refractivity contribution < 1.29 is 47.7 Å². The summed E-state index contributed by atoms with van der Waals surface area (Å²) in [5.41, 5.74) is -0.185. The van der Waals surface area contributed by atoms with E-state index in [1.54, 1.807) is 77.9 Å². The van der Waals surface area contributed by atoms with Gasteiger partial charge in [-0.05, 0) is 71.7 Å². The van der Waals surface area contributed by atoms with Gasteiger partial charge < -0.3 is 40.2 Å². The van der Waals surface area contributed by atoms with Crippen LogP contribution in [-0.4, -0.2) is 78.9 Å². The van der Waals surface area contributed by atoms with Crippen LogP contribution in [0.4, 0.5) is 9.59 Å². The van der Waals surface area contributed by atoms with E-state index in [0.717, 1.165) is 5.56 Å². The lowest BCUT2D eigenvalue weighted by Gasteiger charge is -2.24. The van der Waals surface area contributed by atoms with Crippen LogP contribution in [0, 0.1) is 0 Å². The van der Waals surface area contributed by atoms with Gasteiger partial charge in [-0.1, -0.05) is 42.5 Å². The second-order valence-corrected chi connectivity index (χ2v) is 12.9. The van der Waals surface area contributed by atoms with E-state index in [2.05, 4.69) is 21.3 Å². The van der Waals surface area contributed by atoms with Gasteiger partial charge in [-0.15, -0.1) is 0 Å². The predicted octanol–water partition coefficient (Wildman–Crippen LogP) is 2.96. The third kappa shape index (κ3) is 15.0. The second kappa shape index (κ2) is 17.7. The normalized spacial score (nSPS) is 13.1. The van der Waals surface area contributed by atoms with Gasteiger partial charge in [0, 0.05) is 12.8 Å². The summed E-state index contributed by atoms with van der Waals surface area (Å²) in [6, 6.07) is 12.0. The first-order valence-electron chi connectivity index (χ1n) is 15.3. The van der Waals surface area contributed by atoms with Crippen molar-refractivity contribution in [3.63, 3.8) is 0 Å². The standard InChI is InChI=1S/C34H46N4O10/c1-21(28(40)35-20-27(39)37-26(30(42)45-8)19-22-12-10-9-11-13-22)36-29(41)25(38-31(43)47-33(2,3)4)18-23-14-16-24(17-15-23)46-32(44)48-34(5,6)7/h9-17,21,25-26H,18-20H2,1-8H3,(H,35,40)(H,36,41)(H,37,39)(H,38,43)/t21-,25-,26-/m0/s1. The highest BCUT2D eigenvalue weighted by molar-refractivity contribution is 5.93. The molecule has 0 fully saturated rings. The molecule has 0 saturated carbocycles. The van der Waals surface area contributed by atoms with Crippen LogP contribution in [0.1, 0.15) is 59.6 Å². The number of rotatable bonds is 13. The molecule has 14 nitrogen and oxygen atoms in total. The van der Waals surface area contributed by atoms with E-state index in [1.807, 2.05) is 6.07 Å². The van der Waals surface area contributed by atoms with Crippen molar-refractivity contribution in [3.05, 3.63) is 65.7 Å². The van der Waals surface area contributed by atoms with E-state index in [9.17, 15) is 28.8 Å². The minimum atomic E-state index is -1.17. The third-order valence-corrected chi connectivity index (χ3v) is 6.24. The summed E-state index contributed by atoms with van der Waals surface area (Å²) >= 11 is 0. The summed E-state index contributed by atoms with van der Waals surface area (Å²) in [6.07, 6.45) is -1.55. The number of carbonyl (C=O) groups excluding carboxylic acids is 6. The van der Waals surface area contributed by atoms with Gasteiger partial charge in [-0.25, -0.2) is 14.4 Å². The van der Waals surface area contributed by atoms with Crippen molar-refractivity contribution in [2.45, 2.75) is 90.6 Å². The first kappa shape index (κ1) is 39.0. The Labute approximate surface area is 280 Å². The molecule has 14 heteroatoms. The number of amides is 4. The number of benzene rings is 2. The first-order valence-corrected chi connectivity index (χ1v) is 15.3. The Balaban J connectivity index is 2.03. The number of nitrogens with one attached hydrogen (secondary N) is 4. The van der Waals surface area contributed by atoms with Crippen LogP contribution in [0.5, 0.6) is 5.75 Å². The average Bonchev–Trinajstić information content (AvgIpc) is 2.98. The summed E-state index contributed by atoms with van der Waals surface area (Å²) < 4.78 is 20.4. The van der Waals surface area contributed by atoms with Gasteiger partial charge in [0.2, 0.25) is 17.7 Å². The Bertz CT molecular complexity index is 1420. The monoisotopic (exact) mass is 670 g/mol. The number of esters is 1. The Kier molecular flexibility index (Phi) is 14.4. The molecule has 0 aromatic heterocycles. The summed E-state index contributed by atoms with van der Waals surface area (Å²) in [5.74, 6) is -2.46. The maximum atomic E-state index is 13.3. The zero-order chi connectivity index (χ0) is 36.1. The van der Waals surface area contributed by atoms with Gasteiger partial charge in [-0.3, -0.25) is 14.4 Å². The molecule has 2 aromatic carbocycles. The lowest BCUT2D eigenvalue weighted by molar-refractivity contribution is -0.145. The molecule has 4 amide bonds. The van der Waals surface area contributed by atoms with Crippen molar-refractivity contribution in [2.75, 3.05) is 13.7 Å². The van der Waals surface area contributed by atoms with Crippen LogP contribution < -0.4 is 26.0 Å². The molecule has 0 radical (unpaired) electrons. The van der Waals surface area contributed by atoms with E-state index >= 15 is 0 Å². The number of carbonyl (C=O) groups is 6. The first-order chi connectivity index (χ1) is 22.3. The fraction of sp³-hybridized carbons (Fsp3) is 0.471. The lowest BCUT2D eigenvalue weighted by Crippen LogP contribution is -2.55. The van der Waals surface area contributed by atoms with Crippen LogP contribution in [0.15, 0.2) is 54.6 Å². The van der Waals surface area contributed by atoms with Crippen LogP contribution >= 0.6 is 0 Å². The highest BCUT2D eigenvalue weighted by atomic mass is 16.7. The fourth-order valence-electron chi connectivity index (χ4n) is 4.09. The molecule has 0 saturated heterocycles. The molecular formula is C34H46N4O10. The molecular weight excluding hydrogens is 624 g/mol. The van der Waals surface area contributed by atoms with Crippen molar-refractivity contribution in [3.8, 4) is 5.75 Å². The van der Waals surface area contributed by atoms with Gasteiger partial charge in [-0.2, -0.15) is 0 Å². The second-order valence-electron chi connectivity index (χ2n) is 12.9. The van der Waals surface area contributed by atoms with Crippen molar-refractivity contribution in [1.82, 2.24) is 21.3 Å². The van der Waals surface area contributed by atoms with Crippen molar-refractivity contribution in [1.29, 1.82) is 0 Å². The topological polar surface area (TPSA) is 187 Å². The van der Waals surface area contributed by atoms with Gasteiger partial charge in [0.05, 0.1) is 13.7 Å². The van der Waals surface area contributed by atoms with Crippen LogP contribution in [0.2, 0.25) is 0 Å². The molecule has 3 atom stereocenters. The maximum absolute atomic E-state index is 13.3. The molecule has 2 aromatic rings. The molecule has 0 aliphatic rings. The number of ether oxygens (including phenoxy) is 4. The van der Waals surface area contributed by atoms with Gasteiger partial charge in [0.25, 0.3) is 0 Å². The number of hydrogen-bond acceptors (Lipinski definition) is 10. The van der Waals surface area contributed by atoms with Gasteiger partial charge >= 0.3 is 18.2 Å². The zero-order valence-corrected chi connectivity index (χ0v) is 28.6. The minimum Gasteiger partial charge on any atom is -0.467 e. The molecule has 0 aliphatic carbocycles. The Hall–Kier alpha value is -5.14. The molecule has 0 unspecified atom stereocenters. The third-order valence-electron chi connectivity index (χ3n) is 6.24. The highest BCUT2D eigenvalue weighted by Crippen LogP contribution is 2.17. The summed E-state index contributed by atoms with van der Waals surface area (Å²) in [6.45, 7) is 11.1. The van der Waals surface area contributed by atoms with Crippen molar-refractivity contribution in [2.24, 2.45) is 0 Å². The van der Waals surface area contributed by atoms with Gasteiger partial charge in [0.15, 0.2) is 0 Å². The average molecular weight is 671 g/mol. The molecule has 0 heterocycles. The SMILES string of the molecule is COC(=O)[C@H](Cc1ccccc1)NC(=O)CNC(=O)[C@H](C)NC(=O)[C@H](Cc1ccc(OC(=O)OC(C)(C)C)cc1)NC(=O)OC(C)(C)C. The molecule has 4 N–H and O–H groups in total. The molecule has 0 bridgehead atoms. The maximum Gasteiger partial charge on any atom is 0.514 e. The summed E-state index contributed by atoms with van der Waals surface area (Å²) in [5, 5.41) is 10.0. The summed E-state index contributed by atoms with van der Waals surface area (Å²) in [4.78, 5) is 75.5. The van der Waals surface area contributed by atoms with E-state index < -0.39 is 71.8 Å². The van der Waals surface area contributed by atoms with Gasteiger partial charge in [0.1, 0.15) is 35.1 Å². The van der Waals surface area contributed by atoms with E-state index in [1.165, 1.54) is 26.2 Å². The molecule has 2 rings (SSSR count). The summed E-state index contributed by atoms with van der Waals surface area (Å²) in [7, 11) is 1.21. The molecule has 0 aliphatic heterocycles. The van der Waals surface area contributed by atoms with E-state index in [4.69, 9.17) is 18.9 Å². The Morgan fingerprint density at radius 3 is 1.81 bits per heavy atom. The molecule has 48 heavy (non-hydrogen) atoms. The number of hydrogen-bond donors (Lipinski definition) is 4. The molecule has 262 valence electrons. The highest BCUT2D eigenvalue weighted by Gasteiger charge is 2.28. The predicted molar refractivity (Wildman–Crippen MR) is 175 cm³/mol.